The summed E-state index contributed by atoms with van der Waals surface area (Å²) in [5.41, 5.74) is -2.23. The van der Waals surface area contributed by atoms with E-state index in [2.05, 4.69) is 0 Å². The molecule has 2 bridgehead atoms. The Morgan fingerprint density at radius 3 is 2.27 bits per heavy atom. The topological polar surface area (TPSA) is 59.0 Å². The molecule has 0 aliphatic carbocycles. The van der Waals surface area contributed by atoms with E-state index in [4.69, 9.17) is 9.47 Å². The molecule has 3 rings (SSSR count). The molecule has 2 atom stereocenters. The smallest absolute Gasteiger partial charge is 0.410 e. The Hall–Kier alpha value is -1.89. The van der Waals surface area contributed by atoms with Gasteiger partial charge in [0, 0.05) is 30.5 Å². The van der Waals surface area contributed by atoms with E-state index in [9.17, 15) is 18.7 Å². The number of amides is 1. The van der Waals surface area contributed by atoms with E-state index in [1.165, 1.54) is 19.2 Å². The molecule has 0 radical (unpaired) electrons. The van der Waals surface area contributed by atoms with Gasteiger partial charge in [-0.15, -0.1) is 0 Å². The van der Waals surface area contributed by atoms with Crippen molar-refractivity contribution in [3.05, 3.63) is 29.3 Å². The Balaban J connectivity index is 1.86. The van der Waals surface area contributed by atoms with Crippen LogP contribution in [-0.4, -0.2) is 40.9 Å². The summed E-state index contributed by atoms with van der Waals surface area (Å²) in [5.74, 6) is -2.42. The number of aliphatic hydroxyl groups is 1. The molecule has 26 heavy (non-hydrogen) atoms. The van der Waals surface area contributed by atoms with E-state index in [0.717, 1.165) is 0 Å². The fraction of sp³-hybridized carbons (Fsp3) is 0.632. The van der Waals surface area contributed by atoms with Crippen LogP contribution in [0.1, 0.15) is 52.0 Å². The molecule has 1 N–H and O–H groups in total. The molecule has 1 aromatic rings. The Kier molecular flexibility index (Phi) is 4.63. The lowest BCUT2D eigenvalue weighted by Gasteiger charge is -2.44. The van der Waals surface area contributed by atoms with Gasteiger partial charge in [0.25, 0.3) is 0 Å². The monoisotopic (exact) mass is 369 g/mol. The standard InChI is InChI=1S/C19H25F2NO4/c1-18(2,3)26-17(23)22-11-5-6-12(22)10-19(24,9-11)13-7-8-14(25-4)16(21)15(13)20/h7-8,11-12,24H,5-6,9-10H2,1-4H3. The predicted octanol–water partition coefficient (Wildman–Crippen LogP) is 3.72. The third kappa shape index (κ3) is 3.24. The van der Waals surface area contributed by atoms with Crippen LogP contribution in [0.25, 0.3) is 0 Å². The highest BCUT2D eigenvalue weighted by atomic mass is 19.2. The number of piperidine rings is 1. The zero-order valence-electron chi connectivity index (χ0n) is 15.5. The number of fused-ring (bicyclic) bond motifs is 2. The number of carbonyl (C=O) groups excluding carboxylic acids is 1. The van der Waals surface area contributed by atoms with Crippen LogP contribution in [0, 0.1) is 11.6 Å². The van der Waals surface area contributed by atoms with Gasteiger partial charge in [-0.05, 0) is 45.7 Å². The second-order valence-corrected chi connectivity index (χ2v) is 8.16. The average Bonchev–Trinajstić information content (AvgIpc) is 2.81. The number of methoxy groups -OCH3 is 1. The van der Waals surface area contributed by atoms with Crippen LogP contribution in [0.15, 0.2) is 12.1 Å². The Labute approximate surface area is 151 Å². The minimum Gasteiger partial charge on any atom is -0.494 e. The van der Waals surface area contributed by atoms with Crippen LogP contribution in [0.4, 0.5) is 13.6 Å². The molecule has 2 heterocycles. The zero-order chi connectivity index (χ0) is 19.3. The number of rotatable bonds is 2. The average molecular weight is 369 g/mol. The lowest BCUT2D eigenvalue weighted by atomic mass is 9.80. The van der Waals surface area contributed by atoms with Crippen LogP contribution in [0.3, 0.4) is 0 Å². The quantitative estimate of drug-likeness (QED) is 0.863. The van der Waals surface area contributed by atoms with E-state index in [-0.39, 0.29) is 36.2 Å². The number of carbonyl (C=O) groups is 1. The molecule has 144 valence electrons. The first-order valence-electron chi connectivity index (χ1n) is 8.82. The minimum atomic E-state index is -1.53. The maximum atomic E-state index is 14.5. The van der Waals surface area contributed by atoms with Gasteiger partial charge in [-0.1, -0.05) is 0 Å². The van der Waals surface area contributed by atoms with E-state index in [0.29, 0.717) is 12.8 Å². The van der Waals surface area contributed by atoms with Gasteiger partial charge in [0.2, 0.25) is 5.82 Å². The van der Waals surface area contributed by atoms with Gasteiger partial charge >= 0.3 is 6.09 Å². The van der Waals surface area contributed by atoms with Gasteiger partial charge in [-0.2, -0.15) is 4.39 Å². The molecule has 5 nitrogen and oxygen atoms in total. The molecular weight excluding hydrogens is 344 g/mol. The molecule has 1 amide bonds. The van der Waals surface area contributed by atoms with Crippen molar-refractivity contribution in [2.24, 2.45) is 0 Å². The maximum absolute atomic E-state index is 14.5. The summed E-state index contributed by atoms with van der Waals surface area (Å²) in [6.45, 7) is 5.38. The molecule has 2 fully saturated rings. The second kappa shape index (κ2) is 6.37. The molecule has 2 unspecified atom stereocenters. The summed E-state index contributed by atoms with van der Waals surface area (Å²) in [4.78, 5) is 14.1. The third-order valence-electron chi connectivity index (χ3n) is 5.14. The number of benzene rings is 1. The highest BCUT2D eigenvalue weighted by molar-refractivity contribution is 5.70. The van der Waals surface area contributed by atoms with Gasteiger partial charge < -0.3 is 19.5 Å². The van der Waals surface area contributed by atoms with Crippen molar-refractivity contribution in [3.8, 4) is 5.75 Å². The summed E-state index contributed by atoms with van der Waals surface area (Å²) < 4.78 is 38.8. The minimum absolute atomic E-state index is 0.0865. The van der Waals surface area contributed by atoms with Gasteiger partial charge in [0.15, 0.2) is 11.6 Å². The largest absolute Gasteiger partial charge is 0.494 e. The number of hydrogen-bond donors (Lipinski definition) is 1. The van der Waals surface area contributed by atoms with E-state index in [1.54, 1.807) is 25.7 Å². The molecule has 2 saturated heterocycles. The molecular formula is C19H25F2NO4. The van der Waals surface area contributed by atoms with Crippen molar-refractivity contribution in [1.82, 2.24) is 4.90 Å². The van der Waals surface area contributed by atoms with Gasteiger partial charge in [0.05, 0.1) is 12.7 Å². The molecule has 2 aliphatic heterocycles. The van der Waals surface area contributed by atoms with Crippen LogP contribution in [0.2, 0.25) is 0 Å². The lowest BCUT2D eigenvalue weighted by Crippen LogP contribution is -2.53. The predicted molar refractivity (Wildman–Crippen MR) is 90.9 cm³/mol. The van der Waals surface area contributed by atoms with E-state index < -0.39 is 28.9 Å². The van der Waals surface area contributed by atoms with E-state index >= 15 is 0 Å². The normalized spacial score (nSPS) is 28.2. The second-order valence-electron chi connectivity index (χ2n) is 8.16. The Morgan fingerprint density at radius 2 is 1.77 bits per heavy atom. The molecule has 2 aliphatic rings. The zero-order valence-corrected chi connectivity index (χ0v) is 15.5. The summed E-state index contributed by atoms with van der Waals surface area (Å²) in [7, 11) is 1.26. The SMILES string of the molecule is COc1ccc(C2(O)CC3CCC(C2)N3C(=O)OC(C)(C)C)c(F)c1F. The molecule has 7 heteroatoms. The molecule has 1 aromatic carbocycles. The first-order chi connectivity index (χ1) is 12.1. The molecule has 0 spiro atoms. The van der Waals surface area contributed by atoms with Crippen molar-refractivity contribution in [2.45, 2.75) is 69.7 Å². The van der Waals surface area contributed by atoms with Crippen LogP contribution >= 0.6 is 0 Å². The first kappa shape index (κ1) is 18.9. The Bertz CT molecular complexity index is 702. The van der Waals surface area contributed by atoms with Crippen molar-refractivity contribution in [2.75, 3.05) is 7.11 Å². The van der Waals surface area contributed by atoms with Crippen LogP contribution in [0.5, 0.6) is 5.75 Å². The van der Waals surface area contributed by atoms with Crippen molar-refractivity contribution in [3.63, 3.8) is 0 Å². The molecule has 0 aromatic heterocycles. The van der Waals surface area contributed by atoms with Gasteiger partial charge in [-0.3, -0.25) is 0 Å². The van der Waals surface area contributed by atoms with Crippen molar-refractivity contribution in [1.29, 1.82) is 0 Å². The number of nitrogens with zero attached hydrogens (tertiary/aromatic N) is 1. The number of ether oxygens (including phenoxy) is 2. The van der Waals surface area contributed by atoms with Gasteiger partial charge in [0.1, 0.15) is 5.60 Å². The highest BCUT2D eigenvalue weighted by Gasteiger charge is 2.52. The van der Waals surface area contributed by atoms with Crippen LogP contribution < -0.4 is 4.74 Å². The first-order valence-corrected chi connectivity index (χ1v) is 8.82. The van der Waals surface area contributed by atoms with Crippen molar-refractivity contribution < 1.29 is 28.2 Å². The fourth-order valence-corrected chi connectivity index (χ4v) is 4.11. The summed E-state index contributed by atoms with van der Waals surface area (Å²) in [6, 6.07) is 2.14. The summed E-state index contributed by atoms with van der Waals surface area (Å²) in [5, 5.41) is 11.1. The fourth-order valence-electron chi connectivity index (χ4n) is 4.11. The maximum Gasteiger partial charge on any atom is 0.410 e. The molecule has 0 saturated carbocycles. The highest BCUT2D eigenvalue weighted by Crippen LogP contribution is 2.47. The third-order valence-corrected chi connectivity index (χ3v) is 5.14. The van der Waals surface area contributed by atoms with Crippen molar-refractivity contribution >= 4 is 6.09 Å². The summed E-state index contributed by atoms with van der Waals surface area (Å²) >= 11 is 0. The van der Waals surface area contributed by atoms with Gasteiger partial charge in [-0.25, -0.2) is 9.18 Å². The van der Waals surface area contributed by atoms with Crippen LogP contribution in [-0.2, 0) is 10.3 Å². The Morgan fingerprint density at radius 1 is 1.19 bits per heavy atom. The lowest BCUT2D eigenvalue weighted by molar-refractivity contribution is -0.0643. The summed E-state index contributed by atoms with van der Waals surface area (Å²) in [6.07, 6.45) is 1.27. The number of hydrogen-bond acceptors (Lipinski definition) is 4. The number of halogens is 2. The van der Waals surface area contributed by atoms with E-state index in [1.807, 2.05) is 0 Å².